The van der Waals surface area contributed by atoms with Crippen LogP contribution in [-0.2, 0) is 9.59 Å². The van der Waals surface area contributed by atoms with E-state index in [1.807, 2.05) is 0 Å². The van der Waals surface area contributed by atoms with Crippen LogP contribution in [0, 0.1) is 5.92 Å². The number of rotatable bonds is 1. The third-order valence-corrected chi connectivity index (χ3v) is 2.79. The van der Waals surface area contributed by atoms with Gasteiger partial charge < -0.3 is 10.0 Å². The molecule has 10 heteroatoms. The van der Waals surface area contributed by atoms with Crippen LogP contribution in [0.5, 0.6) is 0 Å². The third kappa shape index (κ3) is 3.29. The molecule has 2 atom stereocenters. The number of hydrogen-bond donors (Lipinski definition) is 1. The smallest absolute Gasteiger partial charge is 0.471 e. The summed E-state index contributed by atoms with van der Waals surface area (Å²) in [6, 6.07) is -2.95. The number of halogens is 6. The molecule has 1 aliphatic rings. The molecule has 0 aromatic rings. The van der Waals surface area contributed by atoms with Crippen LogP contribution in [0.3, 0.4) is 0 Å². The zero-order chi connectivity index (χ0) is 15.0. The SMILES string of the molecule is O=C(O)[C@@H]1CCCN(C(=O)C(F)(F)F)[C@@H]1C(F)(F)F. The Bertz CT molecular complexity index is 377. The van der Waals surface area contributed by atoms with Crippen molar-refractivity contribution in [1.29, 1.82) is 0 Å². The van der Waals surface area contributed by atoms with Crippen LogP contribution >= 0.6 is 0 Å². The highest BCUT2D eigenvalue weighted by molar-refractivity contribution is 5.83. The average molecular weight is 293 g/mol. The van der Waals surface area contributed by atoms with Crippen LogP contribution in [0.25, 0.3) is 0 Å². The van der Waals surface area contributed by atoms with E-state index in [4.69, 9.17) is 5.11 Å². The van der Waals surface area contributed by atoms with Gasteiger partial charge in [-0.2, -0.15) is 26.3 Å². The molecule has 1 aliphatic heterocycles. The molecule has 1 rings (SSSR count). The molecule has 0 aromatic carbocycles. The molecule has 0 spiro atoms. The highest BCUT2D eigenvalue weighted by Gasteiger charge is 2.57. The lowest BCUT2D eigenvalue weighted by atomic mass is 9.88. The van der Waals surface area contributed by atoms with E-state index in [2.05, 4.69) is 0 Å². The molecule has 110 valence electrons. The van der Waals surface area contributed by atoms with E-state index in [0.717, 1.165) is 0 Å². The summed E-state index contributed by atoms with van der Waals surface area (Å²) in [6.45, 7) is -0.772. The Hall–Kier alpha value is -1.48. The summed E-state index contributed by atoms with van der Waals surface area (Å²) in [5, 5.41) is 8.66. The molecule has 19 heavy (non-hydrogen) atoms. The fourth-order valence-corrected chi connectivity index (χ4v) is 2.05. The Morgan fingerprint density at radius 2 is 1.63 bits per heavy atom. The van der Waals surface area contributed by atoms with E-state index in [1.54, 1.807) is 0 Å². The van der Waals surface area contributed by atoms with Gasteiger partial charge in [-0.3, -0.25) is 9.59 Å². The molecule has 4 nitrogen and oxygen atoms in total. The number of likely N-dealkylation sites (tertiary alicyclic amines) is 1. The molecule has 0 unspecified atom stereocenters. The molecule has 0 aliphatic carbocycles. The van der Waals surface area contributed by atoms with Crippen LogP contribution < -0.4 is 0 Å². The lowest BCUT2D eigenvalue weighted by Crippen LogP contribution is -2.60. The van der Waals surface area contributed by atoms with Gasteiger partial charge >= 0.3 is 24.2 Å². The van der Waals surface area contributed by atoms with Crippen molar-refractivity contribution in [3.63, 3.8) is 0 Å². The first-order valence-corrected chi connectivity index (χ1v) is 5.13. The highest BCUT2D eigenvalue weighted by atomic mass is 19.4. The van der Waals surface area contributed by atoms with Gasteiger partial charge in [0.05, 0.1) is 5.92 Å². The summed E-state index contributed by atoms with van der Waals surface area (Å²) in [6.07, 6.45) is -11.4. The van der Waals surface area contributed by atoms with Gasteiger partial charge in [0.1, 0.15) is 6.04 Å². The molecule has 1 N–H and O–H groups in total. The van der Waals surface area contributed by atoms with Crippen molar-refractivity contribution in [3.8, 4) is 0 Å². The summed E-state index contributed by atoms with van der Waals surface area (Å²) >= 11 is 0. The fraction of sp³-hybridized carbons (Fsp3) is 0.778. The van der Waals surface area contributed by atoms with Crippen molar-refractivity contribution >= 4 is 11.9 Å². The Labute approximate surface area is 103 Å². The second kappa shape index (κ2) is 4.89. The first-order valence-electron chi connectivity index (χ1n) is 5.13. The molecule has 1 heterocycles. The molecular formula is C9H9F6NO3. The number of carboxylic acids is 1. The van der Waals surface area contributed by atoms with Gasteiger partial charge in [0.25, 0.3) is 0 Å². The van der Waals surface area contributed by atoms with Crippen LogP contribution in [0.4, 0.5) is 26.3 Å². The van der Waals surface area contributed by atoms with Gasteiger partial charge in [-0.25, -0.2) is 0 Å². The summed E-state index contributed by atoms with van der Waals surface area (Å²) < 4.78 is 74.8. The Kier molecular flexibility index (Phi) is 4.01. The molecule has 1 saturated heterocycles. The van der Waals surface area contributed by atoms with E-state index >= 15 is 0 Å². The second-order valence-electron chi connectivity index (χ2n) is 4.07. The molecule has 1 amide bonds. The van der Waals surface area contributed by atoms with Gasteiger partial charge in [0, 0.05) is 6.54 Å². The van der Waals surface area contributed by atoms with Crippen LogP contribution in [0.15, 0.2) is 0 Å². The van der Waals surface area contributed by atoms with Gasteiger partial charge in [-0.1, -0.05) is 0 Å². The number of carbonyl (C=O) groups is 2. The fourth-order valence-electron chi connectivity index (χ4n) is 2.05. The lowest BCUT2D eigenvalue weighted by molar-refractivity contribution is -0.229. The van der Waals surface area contributed by atoms with Crippen molar-refractivity contribution < 1.29 is 41.0 Å². The van der Waals surface area contributed by atoms with Crippen molar-refractivity contribution in [2.75, 3.05) is 6.54 Å². The minimum Gasteiger partial charge on any atom is -0.481 e. The standard InChI is InChI=1S/C9H9F6NO3/c10-8(11,12)5-4(6(17)18)2-1-3-16(5)7(19)9(13,14)15/h4-5H,1-3H2,(H,17,18)/t4-,5+/m1/s1. The number of piperidine rings is 1. The van der Waals surface area contributed by atoms with E-state index in [9.17, 15) is 35.9 Å². The van der Waals surface area contributed by atoms with E-state index < -0.39 is 54.1 Å². The van der Waals surface area contributed by atoms with Gasteiger partial charge in [-0.05, 0) is 12.8 Å². The molecule has 0 radical (unpaired) electrons. The van der Waals surface area contributed by atoms with Gasteiger partial charge in [0.2, 0.25) is 0 Å². The number of hydrogen-bond acceptors (Lipinski definition) is 2. The van der Waals surface area contributed by atoms with Crippen molar-refractivity contribution in [1.82, 2.24) is 4.90 Å². The second-order valence-corrected chi connectivity index (χ2v) is 4.07. The first kappa shape index (κ1) is 15.6. The van der Waals surface area contributed by atoms with E-state index in [0.29, 0.717) is 0 Å². The summed E-state index contributed by atoms with van der Waals surface area (Å²) in [5.41, 5.74) is 0. The first-order chi connectivity index (χ1) is 8.46. The zero-order valence-electron chi connectivity index (χ0n) is 9.25. The highest BCUT2D eigenvalue weighted by Crippen LogP contribution is 2.37. The monoisotopic (exact) mass is 293 g/mol. The van der Waals surface area contributed by atoms with E-state index in [1.165, 1.54) is 0 Å². The molecule has 1 fully saturated rings. The summed E-state index contributed by atoms with van der Waals surface area (Å²) in [4.78, 5) is 21.2. The number of amides is 1. The molecule has 0 saturated carbocycles. The quantitative estimate of drug-likeness (QED) is 0.750. The minimum absolute atomic E-state index is 0.231. The summed E-state index contributed by atoms with van der Waals surface area (Å²) in [7, 11) is 0. The number of carboxylic acid groups (broad SMARTS) is 1. The van der Waals surface area contributed by atoms with Crippen molar-refractivity contribution in [2.45, 2.75) is 31.2 Å². The minimum atomic E-state index is -5.47. The predicted molar refractivity (Wildman–Crippen MR) is 48.0 cm³/mol. The zero-order valence-corrected chi connectivity index (χ0v) is 9.25. The maximum absolute atomic E-state index is 12.7. The Morgan fingerprint density at radius 3 is 2.00 bits per heavy atom. The Morgan fingerprint density at radius 1 is 1.11 bits per heavy atom. The van der Waals surface area contributed by atoms with Crippen molar-refractivity contribution in [2.24, 2.45) is 5.92 Å². The normalized spacial score (nSPS) is 25.3. The number of carbonyl (C=O) groups excluding carboxylic acids is 1. The lowest BCUT2D eigenvalue weighted by Gasteiger charge is -2.40. The van der Waals surface area contributed by atoms with Gasteiger partial charge in [-0.15, -0.1) is 0 Å². The number of alkyl halides is 6. The molecule has 0 bridgehead atoms. The average Bonchev–Trinajstić information content (AvgIpc) is 2.24. The topological polar surface area (TPSA) is 57.6 Å². The summed E-state index contributed by atoms with van der Waals surface area (Å²) in [5.74, 6) is -6.62. The van der Waals surface area contributed by atoms with Crippen LogP contribution in [0.2, 0.25) is 0 Å². The van der Waals surface area contributed by atoms with Crippen molar-refractivity contribution in [3.05, 3.63) is 0 Å². The molecular weight excluding hydrogens is 284 g/mol. The Balaban J connectivity index is 3.14. The predicted octanol–water partition coefficient (Wildman–Crippen LogP) is 1.80. The number of nitrogens with zero attached hydrogens (tertiary/aromatic N) is 1. The van der Waals surface area contributed by atoms with E-state index in [-0.39, 0.29) is 6.42 Å². The van der Waals surface area contributed by atoms with Gasteiger partial charge in [0.15, 0.2) is 0 Å². The van der Waals surface area contributed by atoms with Crippen LogP contribution in [-0.4, -0.2) is 46.8 Å². The third-order valence-electron chi connectivity index (χ3n) is 2.79. The maximum Gasteiger partial charge on any atom is 0.471 e. The van der Waals surface area contributed by atoms with Crippen LogP contribution in [0.1, 0.15) is 12.8 Å². The molecule has 0 aromatic heterocycles. The number of aliphatic carboxylic acids is 1. The largest absolute Gasteiger partial charge is 0.481 e. The maximum atomic E-state index is 12.7.